The highest BCUT2D eigenvalue weighted by atomic mass is 79.9. The molecule has 2 rings (SSSR count). The minimum absolute atomic E-state index is 0.156. The van der Waals surface area contributed by atoms with E-state index in [1.165, 1.54) is 0 Å². The van der Waals surface area contributed by atoms with Crippen molar-refractivity contribution >= 4 is 33.2 Å². The molecule has 6 heteroatoms. The van der Waals surface area contributed by atoms with E-state index in [4.69, 9.17) is 16.3 Å². The van der Waals surface area contributed by atoms with Crippen LogP contribution in [-0.4, -0.2) is 17.2 Å². The summed E-state index contributed by atoms with van der Waals surface area (Å²) < 4.78 is 6.08. The lowest BCUT2D eigenvalue weighted by Gasteiger charge is -2.13. The fraction of sp³-hybridized carbons (Fsp3) is 0.214. The minimum atomic E-state index is 0.156. The van der Waals surface area contributed by atoms with Crippen molar-refractivity contribution in [1.82, 2.24) is 4.98 Å². The van der Waals surface area contributed by atoms with Crippen LogP contribution in [-0.2, 0) is 6.54 Å². The summed E-state index contributed by atoms with van der Waals surface area (Å²) >= 11 is 9.42. The van der Waals surface area contributed by atoms with E-state index in [0.717, 1.165) is 15.9 Å². The van der Waals surface area contributed by atoms with Gasteiger partial charge in [-0.3, -0.25) is 4.98 Å². The number of rotatable bonds is 4. The maximum absolute atomic E-state index is 9.78. The maximum Gasteiger partial charge on any atom is 0.156 e. The molecule has 0 radical (unpaired) electrons. The smallest absolute Gasteiger partial charge is 0.156 e. The predicted octanol–water partition coefficient (Wildman–Crippen LogP) is 4.13. The summed E-state index contributed by atoms with van der Waals surface area (Å²) in [5, 5.41) is 13.5. The summed E-state index contributed by atoms with van der Waals surface area (Å²) in [6, 6.07) is 6.91. The van der Waals surface area contributed by atoms with Gasteiger partial charge in [-0.2, -0.15) is 0 Å². The third-order valence-corrected chi connectivity index (χ3v) is 3.56. The van der Waals surface area contributed by atoms with E-state index in [2.05, 4.69) is 26.2 Å². The van der Waals surface area contributed by atoms with Gasteiger partial charge in [0, 0.05) is 10.7 Å². The van der Waals surface area contributed by atoms with Crippen LogP contribution >= 0.6 is 27.5 Å². The van der Waals surface area contributed by atoms with Crippen LogP contribution in [0.15, 0.2) is 28.7 Å². The second-order valence-electron chi connectivity index (χ2n) is 4.24. The number of ether oxygens (including phenoxy) is 1. The number of hydrogen-bond acceptors (Lipinski definition) is 4. The standard InChI is InChI=1S/C14H14BrClN2O2/c1-8-3-4-13(19)12(18-8)7-17-11-6-9(16)5-10(15)14(11)20-2/h3-6,17,19H,7H2,1-2H3. The van der Waals surface area contributed by atoms with Gasteiger partial charge in [-0.25, -0.2) is 0 Å². The number of pyridine rings is 1. The van der Waals surface area contributed by atoms with Crippen molar-refractivity contribution in [3.05, 3.63) is 45.1 Å². The monoisotopic (exact) mass is 356 g/mol. The SMILES string of the molecule is COc1c(Br)cc(Cl)cc1NCc1nc(C)ccc1O. The molecule has 1 aromatic carbocycles. The normalized spacial score (nSPS) is 10.4. The van der Waals surface area contributed by atoms with Gasteiger partial charge >= 0.3 is 0 Å². The van der Waals surface area contributed by atoms with E-state index in [1.807, 2.05) is 6.92 Å². The van der Waals surface area contributed by atoms with Gasteiger partial charge in [0.05, 0.1) is 23.8 Å². The number of halogens is 2. The first-order chi connectivity index (χ1) is 9.51. The number of hydrogen-bond donors (Lipinski definition) is 2. The molecular formula is C14H14BrClN2O2. The van der Waals surface area contributed by atoms with Gasteiger partial charge in [0.2, 0.25) is 0 Å². The first kappa shape index (κ1) is 14.9. The van der Waals surface area contributed by atoms with Crippen LogP contribution < -0.4 is 10.1 Å². The molecule has 1 heterocycles. The molecule has 2 N–H and O–H groups in total. The number of nitrogens with one attached hydrogen (secondary N) is 1. The van der Waals surface area contributed by atoms with Gasteiger partial charge in [0.15, 0.2) is 5.75 Å². The first-order valence-electron chi connectivity index (χ1n) is 5.93. The van der Waals surface area contributed by atoms with Crippen LogP contribution in [0.5, 0.6) is 11.5 Å². The molecule has 0 saturated carbocycles. The number of methoxy groups -OCH3 is 1. The Morgan fingerprint density at radius 3 is 2.85 bits per heavy atom. The molecule has 0 spiro atoms. The fourth-order valence-electron chi connectivity index (χ4n) is 1.81. The Kier molecular flexibility index (Phi) is 4.73. The van der Waals surface area contributed by atoms with Crippen LogP contribution in [0.4, 0.5) is 5.69 Å². The van der Waals surface area contributed by atoms with E-state index >= 15 is 0 Å². The lowest BCUT2D eigenvalue weighted by molar-refractivity contribution is 0.413. The lowest BCUT2D eigenvalue weighted by atomic mass is 10.2. The highest BCUT2D eigenvalue weighted by Crippen LogP contribution is 2.36. The van der Waals surface area contributed by atoms with Gasteiger partial charge in [0.25, 0.3) is 0 Å². The van der Waals surface area contributed by atoms with E-state index in [1.54, 1.807) is 31.4 Å². The van der Waals surface area contributed by atoms with Crippen LogP contribution in [0.1, 0.15) is 11.4 Å². The number of aromatic hydroxyl groups is 1. The molecule has 0 fully saturated rings. The molecule has 0 saturated heterocycles. The number of anilines is 1. The zero-order chi connectivity index (χ0) is 14.7. The van der Waals surface area contributed by atoms with Gasteiger partial charge < -0.3 is 15.2 Å². The molecule has 0 amide bonds. The largest absolute Gasteiger partial charge is 0.506 e. The van der Waals surface area contributed by atoms with E-state index in [0.29, 0.717) is 23.0 Å². The van der Waals surface area contributed by atoms with Gasteiger partial charge in [0.1, 0.15) is 11.4 Å². The number of aryl methyl sites for hydroxylation is 1. The highest BCUT2D eigenvalue weighted by Gasteiger charge is 2.10. The van der Waals surface area contributed by atoms with Crippen molar-refractivity contribution in [2.24, 2.45) is 0 Å². The third-order valence-electron chi connectivity index (χ3n) is 2.75. The van der Waals surface area contributed by atoms with Gasteiger partial charge in [-0.1, -0.05) is 11.6 Å². The Morgan fingerprint density at radius 1 is 1.40 bits per heavy atom. The Bertz CT molecular complexity index is 635. The molecule has 0 atom stereocenters. The zero-order valence-corrected chi connectivity index (χ0v) is 13.4. The predicted molar refractivity (Wildman–Crippen MR) is 83.7 cm³/mol. The van der Waals surface area contributed by atoms with Crippen LogP contribution in [0.25, 0.3) is 0 Å². The zero-order valence-electron chi connectivity index (χ0n) is 11.1. The molecule has 1 aromatic heterocycles. The molecule has 0 unspecified atom stereocenters. The van der Waals surface area contributed by atoms with Crippen molar-refractivity contribution in [1.29, 1.82) is 0 Å². The second-order valence-corrected chi connectivity index (χ2v) is 5.53. The Morgan fingerprint density at radius 2 is 2.15 bits per heavy atom. The molecule has 0 aliphatic rings. The molecule has 106 valence electrons. The quantitative estimate of drug-likeness (QED) is 0.864. The van der Waals surface area contributed by atoms with Crippen molar-refractivity contribution in [3.8, 4) is 11.5 Å². The number of nitrogens with zero attached hydrogens (tertiary/aromatic N) is 1. The second kappa shape index (κ2) is 6.33. The minimum Gasteiger partial charge on any atom is -0.506 e. The van der Waals surface area contributed by atoms with Gasteiger partial charge in [-0.15, -0.1) is 0 Å². The van der Waals surface area contributed by atoms with Gasteiger partial charge in [-0.05, 0) is 47.1 Å². The highest BCUT2D eigenvalue weighted by molar-refractivity contribution is 9.10. The summed E-state index contributed by atoms with van der Waals surface area (Å²) in [5.74, 6) is 0.810. The average Bonchev–Trinajstić information content (AvgIpc) is 2.39. The molecular weight excluding hydrogens is 344 g/mol. The molecule has 0 aliphatic heterocycles. The summed E-state index contributed by atoms with van der Waals surface area (Å²) in [6.07, 6.45) is 0. The van der Waals surface area contributed by atoms with Crippen molar-refractivity contribution in [2.75, 3.05) is 12.4 Å². The summed E-state index contributed by atoms with van der Waals surface area (Å²) in [6.45, 7) is 2.25. The Hall–Kier alpha value is -1.46. The molecule has 0 aliphatic carbocycles. The molecule has 2 aromatic rings. The third kappa shape index (κ3) is 3.35. The van der Waals surface area contributed by atoms with E-state index in [9.17, 15) is 5.11 Å². The maximum atomic E-state index is 9.78. The van der Waals surface area contributed by atoms with E-state index in [-0.39, 0.29) is 5.75 Å². The van der Waals surface area contributed by atoms with Crippen molar-refractivity contribution in [3.63, 3.8) is 0 Å². The number of aromatic nitrogens is 1. The van der Waals surface area contributed by atoms with E-state index < -0.39 is 0 Å². The van der Waals surface area contributed by atoms with Crippen molar-refractivity contribution in [2.45, 2.75) is 13.5 Å². The summed E-state index contributed by atoms with van der Waals surface area (Å²) in [7, 11) is 1.58. The molecule has 0 bridgehead atoms. The topological polar surface area (TPSA) is 54.4 Å². The van der Waals surface area contributed by atoms with Crippen molar-refractivity contribution < 1.29 is 9.84 Å². The molecule has 4 nitrogen and oxygen atoms in total. The van der Waals surface area contributed by atoms with Crippen LogP contribution in [0.2, 0.25) is 5.02 Å². The Balaban J connectivity index is 2.24. The Labute approximate surface area is 130 Å². The lowest BCUT2D eigenvalue weighted by Crippen LogP contribution is -2.04. The van der Waals surface area contributed by atoms with Crippen LogP contribution in [0.3, 0.4) is 0 Å². The number of benzene rings is 1. The first-order valence-corrected chi connectivity index (χ1v) is 7.10. The van der Waals surface area contributed by atoms with Crippen LogP contribution in [0, 0.1) is 6.92 Å². The average molecular weight is 358 g/mol. The fourth-order valence-corrected chi connectivity index (χ4v) is 2.78. The summed E-state index contributed by atoms with van der Waals surface area (Å²) in [4.78, 5) is 4.29. The molecule has 20 heavy (non-hydrogen) atoms. The summed E-state index contributed by atoms with van der Waals surface area (Å²) in [5.41, 5.74) is 2.15.